The smallest absolute Gasteiger partial charge is 0.228 e. The van der Waals surface area contributed by atoms with Gasteiger partial charge in [0.25, 0.3) is 0 Å². The highest BCUT2D eigenvalue weighted by molar-refractivity contribution is 7.10. The van der Waals surface area contributed by atoms with Crippen molar-refractivity contribution in [1.82, 2.24) is 9.80 Å². The van der Waals surface area contributed by atoms with Crippen LogP contribution in [0.2, 0.25) is 0 Å². The summed E-state index contributed by atoms with van der Waals surface area (Å²) in [5, 5.41) is 2.02. The van der Waals surface area contributed by atoms with E-state index in [1.807, 2.05) is 22.4 Å². The van der Waals surface area contributed by atoms with Gasteiger partial charge in [-0.2, -0.15) is 0 Å². The molecule has 0 bridgehead atoms. The molecular formula is C17H26N2O3S. The van der Waals surface area contributed by atoms with Crippen molar-refractivity contribution in [1.29, 1.82) is 0 Å². The summed E-state index contributed by atoms with van der Waals surface area (Å²) in [5.74, 6) is 0.178. The van der Waals surface area contributed by atoms with Crippen LogP contribution < -0.4 is 0 Å². The number of nitrogens with zero attached hydrogens (tertiary/aromatic N) is 2. The second-order valence-corrected chi connectivity index (χ2v) is 7.88. The standard InChI is InChI=1S/C17H26N2O3S/c1-18(2)11-14-5-6-17(22-14)12-19(7-8-21-13-17)16(20)10-15-4-3-9-23-15/h3-4,9,14H,5-8,10-13H2,1-2H3/t14-,17+/m0/s1. The average molecular weight is 338 g/mol. The number of carbonyl (C=O) groups is 1. The summed E-state index contributed by atoms with van der Waals surface area (Å²) in [5.41, 5.74) is -0.317. The van der Waals surface area contributed by atoms with Crippen molar-refractivity contribution in [2.75, 3.05) is 46.9 Å². The Balaban J connectivity index is 1.63. The van der Waals surface area contributed by atoms with Gasteiger partial charge < -0.3 is 19.3 Å². The van der Waals surface area contributed by atoms with E-state index in [1.54, 1.807) is 11.3 Å². The van der Waals surface area contributed by atoms with E-state index in [2.05, 4.69) is 19.0 Å². The van der Waals surface area contributed by atoms with Gasteiger partial charge in [-0.25, -0.2) is 0 Å². The molecule has 2 aliphatic heterocycles. The van der Waals surface area contributed by atoms with Crippen LogP contribution in [0.1, 0.15) is 17.7 Å². The Kier molecular flexibility index (Phi) is 5.36. The van der Waals surface area contributed by atoms with E-state index >= 15 is 0 Å². The third-order valence-electron chi connectivity index (χ3n) is 4.52. The molecule has 2 saturated heterocycles. The van der Waals surface area contributed by atoms with Crippen molar-refractivity contribution < 1.29 is 14.3 Å². The molecule has 2 fully saturated rings. The van der Waals surface area contributed by atoms with Crippen molar-refractivity contribution in [2.24, 2.45) is 0 Å². The number of ether oxygens (including phenoxy) is 2. The molecule has 23 heavy (non-hydrogen) atoms. The Labute approximate surface area is 142 Å². The van der Waals surface area contributed by atoms with Crippen LogP contribution in [-0.2, 0) is 20.7 Å². The minimum atomic E-state index is -0.317. The van der Waals surface area contributed by atoms with Crippen molar-refractivity contribution in [3.8, 4) is 0 Å². The molecule has 1 spiro atoms. The topological polar surface area (TPSA) is 42.0 Å². The molecule has 1 amide bonds. The number of rotatable bonds is 4. The molecule has 0 N–H and O–H groups in total. The summed E-state index contributed by atoms with van der Waals surface area (Å²) in [6, 6.07) is 4.01. The third-order valence-corrected chi connectivity index (χ3v) is 5.39. The monoisotopic (exact) mass is 338 g/mol. The van der Waals surface area contributed by atoms with Gasteiger partial charge in [0.15, 0.2) is 0 Å². The molecular weight excluding hydrogens is 312 g/mol. The first-order chi connectivity index (χ1) is 11.1. The van der Waals surface area contributed by atoms with Gasteiger partial charge in [-0.15, -0.1) is 11.3 Å². The molecule has 6 heteroatoms. The fraction of sp³-hybridized carbons (Fsp3) is 0.706. The molecule has 0 aromatic carbocycles. The highest BCUT2D eigenvalue weighted by Gasteiger charge is 2.43. The summed E-state index contributed by atoms with van der Waals surface area (Å²) in [7, 11) is 4.13. The molecule has 2 atom stereocenters. The second-order valence-electron chi connectivity index (χ2n) is 6.85. The largest absolute Gasteiger partial charge is 0.377 e. The SMILES string of the molecule is CN(C)C[C@@H]1CC[C@@]2(COCCN(C(=O)Cc3cccs3)C2)O1. The van der Waals surface area contributed by atoms with Crippen molar-refractivity contribution in [3.05, 3.63) is 22.4 Å². The summed E-state index contributed by atoms with van der Waals surface area (Å²) in [6.07, 6.45) is 2.72. The van der Waals surface area contributed by atoms with Gasteiger partial charge in [-0.05, 0) is 38.4 Å². The predicted octanol–water partition coefficient (Wildman–Crippen LogP) is 1.63. The van der Waals surface area contributed by atoms with Crippen LogP contribution in [-0.4, -0.2) is 74.4 Å². The molecule has 2 aliphatic rings. The first-order valence-corrected chi connectivity index (χ1v) is 9.15. The number of carbonyl (C=O) groups excluding carboxylic acids is 1. The number of hydrogen-bond acceptors (Lipinski definition) is 5. The lowest BCUT2D eigenvalue weighted by molar-refractivity contribution is -0.135. The molecule has 0 saturated carbocycles. The zero-order chi connectivity index (χ0) is 16.3. The first-order valence-electron chi connectivity index (χ1n) is 8.27. The van der Waals surface area contributed by atoms with Crippen LogP contribution in [0.3, 0.4) is 0 Å². The van der Waals surface area contributed by atoms with Crippen molar-refractivity contribution in [3.63, 3.8) is 0 Å². The van der Waals surface area contributed by atoms with Gasteiger partial charge in [-0.3, -0.25) is 4.79 Å². The quantitative estimate of drug-likeness (QED) is 0.837. The zero-order valence-corrected chi connectivity index (χ0v) is 14.8. The molecule has 0 unspecified atom stereocenters. The minimum absolute atomic E-state index is 0.178. The lowest BCUT2D eigenvalue weighted by Gasteiger charge is -2.32. The van der Waals surface area contributed by atoms with E-state index in [0.29, 0.717) is 32.7 Å². The summed E-state index contributed by atoms with van der Waals surface area (Å²) in [4.78, 5) is 17.8. The lowest BCUT2D eigenvalue weighted by atomic mass is 10.00. The van der Waals surface area contributed by atoms with Gasteiger partial charge in [0.1, 0.15) is 5.60 Å². The Hall–Kier alpha value is -0.950. The normalized spacial score (nSPS) is 28.5. The minimum Gasteiger partial charge on any atom is -0.377 e. The van der Waals surface area contributed by atoms with E-state index < -0.39 is 0 Å². The molecule has 1 aromatic heterocycles. The number of hydrogen-bond donors (Lipinski definition) is 0. The number of amides is 1. The highest BCUT2D eigenvalue weighted by Crippen LogP contribution is 2.33. The Morgan fingerprint density at radius 3 is 3.13 bits per heavy atom. The lowest BCUT2D eigenvalue weighted by Crippen LogP contribution is -2.47. The Bertz CT molecular complexity index is 520. The van der Waals surface area contributed by atoms with Crippen LogP contribution in [0.4, 0.5) is 0 Å². The van der Waals surface area contributed by atoms with E-state index in [4.69, 9.17) is 9.47 Å². The van der Waals surface area contributed by atoms with Gasteiger partial charge in [-0.1, -0.05) is 6.07 Å². The number of thiophene rings is 1. The van der Waals surface area contributed by atoms with Crippen LogP contribution in [0.5, 0.6) is 0 Å². The summed E-state index contributed by atoms with van der Waals surface area (Å²) >= 11 is 1.64. The van der Waals surface area contributed by atoms with Crippen LogP contribution in [0.15, 0.2) is 17.5 Å². The van der Waals surface area contributed by atoms with Crippen LogP contribution in [0, 0.1) is 0 Å². The fourth-order valence-electron chi connectivity index (χ4n) is 3.45. The maximum absolute atomic E-state index is 12.6. The fourth-order valence-corrected chi connectivity index (χ4v) is 4.14. The van der Waals surface area contributed by atoms with Crippen molar-refractivity contribution in [2.45, 2.75) is 31.0 Å². The maximum atomic E-state index is 12.6. The van der Waals surface area contributed by atoms with Gasteiger partial charge >= 0.3 is 0 Å². The van der Waals surface area contributed by atoms with E-state index in [0.717, 1.165) is 24.3 Å². The first kappa shape index (κ1) is 16.9. The van der Waals surface area contributed by atoms with Crippen LogP contribution >= 0.6 is 11.3 Å². The predicted molar refractivity (Wildman–Crippen MR) is 90.8 cm³/mol. The van der Waals surface area contributed by atoms with E-state index in [1.165, 1.54) is 0 Å². The van der Waals surface area contributed by atoms with Crippen LogP contribution in [0.25, 0.3) is 0 Å². The zero-order valence-electron chi connectivity index (χ0n) is 14.0. The molecule has 0 radical (unpaired) electrons. The average Bonchev–Trinajstić information content (AvgIpc) is 3.07. The maximum Gasteiger partial charge on any atom is 0.228 e. The summed E-state index contributed by atoms with van der Waals surface area (Å²) < 4.78 is 12.1. The van der Waals surface area contributed by atoms with Gasteiger partial charge in [0, 0.05) is 18.0 Å². The molecule has 3 rings (SSSR count). The molecule has 1 aromatic rings. The van der Waals surface area contributed by atoms with Gasteiger partial charge in [0.05, 0.1) is 32.3 Å². The molecule has 128 valence electrons. The highest BCUT2D eigenvalue weighted by atomic mass is 32.1. The summed E-state index contributed by atoms with van der Waals surface area (Å²) in [6.45, 7) is 3.43. The molecule has 0 aliphatic carbocycles. The molecule has 3 heterocycles. The van der Waals surface area contributed by atoms with E-state index in [-0.39, 0.29) is 17.6 Å². The van der Waals surface area contributed by atoms with Gasteiger partial charge in [0.2, 0.25) is 5.91 Å². The Morgan fingerprint density at radius 1 is 1.52 bits per heavy atom. The molecule has 5 nitrogen and oxygen atoms in total. The second kappa shape index (κ2) is 7.30. The van der Waals surface area contributed by atoms with Crippen molar-refractivity contribution >= 4 is 17.2 Å². The Morgan fingerprint density at radius 2 is 2.39 bits per heavy atom. The number of likely N-dealkylation sites (N-methyl/N-ethyl adjacent to an activating group) is 1. The van der Waals surface area contributed by atoms with E-state index in [9.17, 15) is 4.79 Å². The third kappa shape index (κ3) is 4.32.